The first-order valence-corrected chi connectivity index (χ1v) is 16.0. The van der Waals surface area contributed by atoms with Crippen LogP contribution < -0.4 is 21.3 Å². The molecular formula is C34H43ClN10O2. The zero-order valence-corrected chi connectivity index (χ0v) is 27.5. The summed E-state index contributed by atoms with van der Waals surface area (Å²) in [6.07, 6.45) is 5.45. The molecule has 4 aromatic rings. The molecule has 0 radical (unpaired) electrons. The molecule has 2 aromatic carbocycles. The van der Waals surface area contributed by atoms with Crippen LogP contribution in [0.5, 0.6) is 0 Å². The van der Waals surface area contributed by atoms with Gasteiger partial charge in [0.25, 0.3) is 0 Å². The van der Waals surface area contributed by atoms with E-state index in [1.165, 1.54) is 0 Å². The van der Waals surface area contributed by atoms with E-state index in [0.29, 0.717) is 24.0 Å². The maximum absolute atomic E-state index is 14.2. The monoisotopic (exact) mass is 658 g/mol. The van der Waals surface area contributed by atoms with Gasteiger partial charge in [-0.2, -0.15) is 5.21 Å². The molecular weight excluding hydrogens is 616 g/mol. The Balaban J connectivity index is 0.00000433. The van der Waals surface area contributed by atoms with Gasteiger partial charge in [0.15, 0.2) is 0 Å². The molecule has 0 unspecified atom stereocenters. The zero-order valence-electron chi connectivity index (χ0n) is 26.7. The van der Waals surface area contributed by atoms with Crippen molar-refractivity contribution < 1.29 is 9.59 Å². The Morgan fingerprint density at radius 2 is 1.57 bits per heavy atom. The molecule has 2 fully saturated rings. The summed E-state index contributed by atoms with van der Waals surface area (Å²) in [7, 11) is 2.14. The fourth-order valence-electron chi connectivity index (χ4n) is 6.51. The lowest BCUT2D eigenvalue weighted by molar-refractivity contribution is -0.127. The van der Waals surface area contributed by atoms with Gasteiger partial charge in [0.1, 0.15) is 11.9 Å². The number of nitrogens with zero attached hydrogens (tertiary/aromatic N) is 7. The quantitative estimate of drug-likeness (QED) is 0.232. The Bertz CT molecular complexity index is 1580. The van der Waals surface area contributed by atoms with Crippen LogP contribution in [0, 0.1) is 11.8 Å². The fourth-order valence-corrected chi connectivity index (χ4v) is 6.51. The number of hydrogen-bond donors (Lipinski definition) is 3. The highest BCUT2D eigenvalue weighted by Crippen LogP contribution is 2.33. The van der Waals surface area contributed by atoms with Crippen LogP contribution in [0.2, 0.25) is 0 Å². The summed E-state index contributed by atoms with van der Waals surface area (Å²) in [6.45, 7) is 4.62. The molecule has 1 atom stereocenters. The first kappa shape index (κ1) is 34.0. The number of benzene rings is 2. The molecule has 2 amide bonds. The van der Waals surface area contributed by atoms with Gasteiger partial charge in [0.2, 0.25) is 17.6 Å². The van der Waals surface area contributed by atoms with Gasteiger partial charge in [-0.25, -0.2) is 4.98 Å². The van der Waals surface area contributed by atoms with Gasteiger partial charge >= 0.3 is 0 Å². The summed E-state index contributed by atoms with van der Waals surface area (Å²) in [5.41, 5.74) is 16.3. The molecule has 6 rings (SSSR count). The van der Waals surface area contributed by atoms with Crippen molar-refractivity contribution in [1.29, 1.82) is 0 Å². The predicted octanol–water partition coefficient (Wildman–Crippen LogP) is 3.30. The number of rotatable bonds is 10. The minimum absolute atomic E-state index is 0. The Morgan fingerprint density at radius 3 is 2.15 bits per heavy atom. The number of aromatic nitrogens is 5. The summed E-state index contributed by atoms with van der Waals surface area (Å²) in [6, 6.07) is 18.6. The summed E-state index contributed by atoms with van der Waals surface area (Å²) < 4.78 is 0. The molecule has 47 heavy (non-hydrogen) atoms. The van der Waals surface area contributed by atoms with Crippen LogP contribution in [-0.4, -0.2) is 88.1 Å². The van der Waals surface area contributed by atoms with Crippen molar-refractivity contribution in [2.24, 2.45) is 23.3 Å². The van der Waals surface area contributed by atoms with Crippen molar-refractivity contribution >= 4 is 35.7 Å². The van der Waals surface area contributed by atoms with E-state index in [-0.39, 0.29) is 30.7 Å². The second-order valence-electron chi connectivity index (χ2n) is 12.5. The van der Waals surface area contributed by atoms with Crippen molar-refractivity contribution in [2.75, 3.05) is 49.6 Å². The predicted molar refractivity (Wildman–Crippen MR) is 185 cm³/mol. The number of piperazine rings is 1. The first-order valence-electron chi connectivity index (χ1n) is 16.0. The second-order valence-corrected chi connectivity index (χ2v) is 12.5. The smallest absolute Gasteiger partial charge is 0.240 e. The zero-order chi connectivity index (χ0) is 32.0. The molecule has 12 nitrogen and oxygen atoms in total. The van der Waals surface area contributed by atoms with Crippen molar-refractivity contribution in [2.45, 2.75) is 38.1 Å². The lowest BCUT2D eigenvalue weighted by Crippen LogP contribution is -2.52. The standard InChI is InChI=1S/C34H42N10O2.ClH/c1-42-16-18-43(19-17-42)31-15-12-28(22-37-31)25-6-2-23(3-7-25)20-30(32(36)45)44(34(46)27-8-4-24(21-35)5-9-27)29-13-10-26(11-14-29)33-38-40-41-39-33;/h2-3,6-7,10-15,22,24,27,30H,4-5,8-9,16-21,35H2,1H3,(H2,36,45)(H,38,39,40,41);1H/t24?,27?,30-;/m0./s1. The Labute approximate surface area is 281 Å². The third-order valence-corrected chi connectivity index (χ3v) is 9.45. The van der Waals surface area contributed by atoms with E-state index in [1.54, 1.807) is 4.90 Å². The van der Waals surface area contributed by atoms with Crippen LogP contribution in [-0.2, 0) is 16.0 Å². The molecule has 13 heteroatoms. The number of tetrazole rings is 1. The summed E-state index contributed by atoms with van der Waals surface area (Å²) in [5.74, 6) is 1.01. The van der Waals surface area contributed by atoms with E-state index in [0.717, 1.165) is 79.9 Å². The number of halogens is 1. The van der Waals surface area contributed by atoms with Crippen LogP contribution in [0.3, 0.4) is 0 Å². The van der Waals surface area contributed by atoms with Gasteiger partial charge in [-0.1, -0.05) is 24.3 Å². The summed E-state index contributed by atoms with van der Waals surface area (Å²) in [5, 5.41) is 14.2. The number of amides is 2. The average Bonchev–Trinajstić information content (AvgIpc) is 3.64. The molecule has 248 valence electrons. The lowest BCUT2D eigenvalue weighted by Gasteiger charge is -2.35. The first-order chi connectivity index (χ1) is 22.4. The SMILES string of the molecule is CN1CCN(c2ccc(-c3ccc(C[C@@H](C(N)=O)N(C(=O)C4CCC(CN)CC4)c4ccc(-c5nn[nH]n5)cc4)cc3)cn2)CC1.Cl. The number of H-pyrrole nitrogens is 1. The fraction of sp³-hybridized carbons (Fsp3) is 0.412. The molecule has 3 heterocycles. The van der Waals surface area contributed by atoms with Crippen LogP contribution >= 0.6 is 12.4 Å². The highest BCUT2D eigenvalue weighted by Gasteiger charge is 2.36. The van der Waals surface area contributed by atoms with Gasteiger partial charge in [0, 0.05) is 61.5 Å². The number of carbonyl (C=O) groups is 2. The summed E-state index contributed by atoms with van der Waals surface area (Å²) in [4.78, 5) is 38.2. The number of primary amides is 1. The highest BCUT2D eigenvalue weighted by molar-refractivity contribution is 6.01. The second kappa shape index (κ2) is 15.5. The molecule has 1 saturated heterocycles. The van der Waals surface area contributed by atoms with Crippen molar-refractivity contribution in [3.63, 3.8) is 0 Å². The van der Waals surface area contributed by atoms with E-state index in [2.05, 4.69) is 49.6 Å². The molecule has 1 saturated carbocycles. The molecule has 0 spiro atoms. The highest BCUT2D eigenvalue weighted by atomic mass is 35.5. The minimum Gasteiger partial charge on any atom is -0.368 e. The van der Waals surface area contributed by atoms with Crippen molar-refractivity contribution in [3.05, 3.63) is 72.4 Å². The summed E-state index contributed by atoms with van der Waals surface area (Å²) >= 11 is 0. The van der Waals surface area contributed by atoms with Crippen LogP contribution in [0.25, 0.3) is 22.5 Å². The molecule has 1 aliphatic heterocycles. The van der Waals surface area contributed by atoms with Crippen molar-refractivity contribution in [1.82, 2.24) is 30.5 Å². The number of hydrogen-bond acceptors (Lipinski definition) is 9. The van der Waals surface area contributed by atoms with E-state index in [4.69, 9.17) is 16.5 Å². The topological polar surface area (TPSA) is 163 Å². The molecule has 0 bridgehead atoms. The maximum Gasteiger partial charge on any atom is 0.240 e. The van der Waals surface area contributed by atoms with Gasteiger partial charge < -0.3 is 21.3 Å². The average molecular weight is 659 g/mol. The van der Waals surface area contributed by atoms with Gasteiger partial charge in [0.05, 0.1) is 0 Å². The third kappa shape index (κ3) is 7.95. The largest absolute Gasteiger partial charge is 0.368 e. The van der Waals surface area contributed by atoms with Crippen LogP contribution in [0.1, 0.15) is 31.2 Å². The number of nitrogens with one attached hydrogen (secondary N) is 1. The number of likely N-dealkylation sites (N-methyl/N-ethyl adjacent to an activating group) is 1. The molecule has 5 N–H and O–H groups in total. The Kier molecular flexibility index (Phi) is 11.2. The normalized spacial score (nSPS) is 19.1. The molecule has 1 aliphatic carbocycles. The Morgan fingerprint density at radius 1 is 0.915 bits per heavy atom. The molecule has 2 aromatic heterocycles. The van der Waals surface area contributed by atoms with Crippen molar-refractivity contribution in [3.8, 4) is 22.5 Å². The van der Waals surface area contributed by atoms with E-state index >= 15 is 0 Å². The van der Waals surface area contributed by atoms with E-state index < -0.39 is 11.9 Å². The Hall–Kier alpha value is -4.39. The number of nitrogens with two attached hydrogens (primary N) is 2. The van der Waals surface area contributed by atoms with Crippen LogP contribution in [0.15, 0.2) is 66.9 Å². The maximum atomic E-state index is 14.2. The lowest BCUT2D eigenvalue weighted by atomic mass is 9.81. The van der Waals surface area contributed by atoms with Crippen LogP contribution in [0.4, 0.5) is 11.5 Å². The number of aromatic amines is 1. The number of pyridine rings is 1. The molecule has 2 aliphatic rings. The van der Waals surface area contributed by atoms with Gasteiger partial charge in [-0.15, -0.1) is 22.6 Å². The van der Waals surface area contributed by atoms with Gasteiger partial charge in [-0.3, -0.25) is 14.5 Å². The minimum atomic E-state index is -0.869. The third-order valence-electron chi connectivity index (χ3n) is 9.45. The van der Waals surface area contributed by atoms with E-state index in [9.17, 15) is 9.59 Å². The van der Waals surface area contributed by atoms with E-state index in [1.807, 2.05) is 54.7 Å². The number of anilines is 2. The number of carbonyl (C=O) groups excluding carboxylic acids is 2. The van der Waals surface area contributed by atoms with Gasteiger partial charge in [-0.05, 0) is 97.9 Å².